The second kappa shape index (κ2) is 5.44. The van der Waals surface area contributed by atoms with Crippen LogP contribution in [0.2, 0.25) is 0 Å². The van der Waals surface area contributed by atoms with E-state index in [0.29, 0.717) is 13.0 Å². The Bertz CT molecular complexity index is 664. The van der Waals surface area contributed by atoms with Crippen LogP contribution in [-0.2, 0) is 9.59 Å². The molecule has 2 amide bonds. The third-order valence-electron chi connectivity index (χ3n) is 3.73. The minimum absolute atomic E-state index is 0.0243. The van der Waals surface area contributed by atoms with Crippen LogP contribution in [0.1, 0.15) is 6.42 Å². The fraction of sp³-hybridized carbons (Fsp3) is 0.250. The van der Waals surface area contributed by atoms with Crippen LogP contribution in [0.25, 0.3) is 5.69 Å². The maximum Gasteiger partial charge on any atom is 0.229 e. The van der Waals surface area contributed by atoms with Crippen molar-refractivity contribution in [1.82, 2.24) is 9.47 Å². The number of nitrogens with one attached hydrogen (secondary N) is 1. The Hall–Kier alpha value is -2.56. The first-order valence-electron chi connectivity index (χ1n) is 6.92. The van der Waals surface area contributed by atoms with Crippen molar-refractivity contribution in [3.63, 3.8) is 0 Å². The van der Waals surface area contributed by atoms with Gasteiger partial charge in [0.25, 0.3) is 0 Å². The Morgan fingerprint density at radius 3 is 2.67 bits per heavy atom. The summed E-state index contributed by atoms with van der Waals surface area (Å²) < 4.78 is 1.97. The molecular formula is C16H17N3O2. The van der Waals surface area contributed by atoms with E-state index in [1.54, 1.807) is 11.9 Å². The molecule has 0 aliphatic carbocycles. The fourth-order valence-corrected chi connectivity index (χ4v) is 2.53. The van der Waals surface area contributed by atoms with Gasteiger partial charge in [0.1, 0.15) is 0 Å². The number of hydrogen-bond donors (Lipinski definition) is 1. The van der Waals surface area contributed by atoms with E-state index >= 15 is 0 Å². The number of aromatic nitrogens is 1. The SMILES string of the molecule is CN1C[C@H](C(=O)Nc2cccc(-n3cccc3)c2)CC1=O. The summed E-state index contributed by atoms with van der Waals surface area (Å²) >= 11 is 0. The Kier molecular flexibility index (Phi) is 3.48. The molecule has 0 spiro atoms. The van der Waals surface area contributed by atoms with Crippen molar-refractivity contribution in [1.29, 1.82) is 0 Å². The van der Waals surface area contributed by atoms with Gasteiger partial charge < -0.3 is 14.8 Å². The van der Waals surface area contributed by atoms with Gasteiger partial charge in [-0.25, -0.2) is 0 Å². The van der Waals surface area contributed by atoms with Crippen LogP contribution < -0.4 is 5.32 Å². The zero-order valence-corrected chi connectivity index (χ0v) is 11.8. The lowest BCUT2D eigenvalue weighted by Gasteiger charge is -2.12. The van der Waals surface area contributed by atoms with Gasteiger partial charge in [0.15, 0.2) is 0 Å². The highest BCUT2D eigenvalue weighted by molar-refractivity contribution is 5.97. The smallest absolute Gasteiger partial charge is 0.229 e. The van der Waals surface area contributed by atoms with E-state index < -0.39 is 0 Å². The number of anilines is 1. The van der Waals surface area contributed by atoms with Crippen molar-refractivity contribution in [2.45, 2.75) is 6.42 Å². The normalized spacial score (nSPS) is 18.0. The van der Waals surface area contributed by atoms with Gasteiger partial charge in [0, 0.05) is 43.8 Å². The molecule has 21 heavy (non-hydrogen) atoms. The Morgan fingerprint density at radius 2 is 2.00 bits per heavy atom. The average Bonchev–Trinajstić information content (AvgIpc) is 3.10. The van der Waals surface area contributed by atoms with Gasteiger partial charge in [-0.3, -0.25) is 9.59 Å². The van der Waals surface area contributed by atoms with Gasteiger partial charge in [-0.15, -0.1) is 0 Å². The summed E-state index contributed by atoms with van der Waals surface area (Å²) in [7, 11) is 1.72. The van der Waals surface area contributed by atoms with E-state index in [0.717, 1.165) is 11.4 Å². The molecule has 5 nitrogen and oxygen atoms in total. The number of nitrogens with zero attached hydrogens (tertiary/aromatic N) is 2. The molecule has 2 aromatic rings. The number of benzene rings is 1. The largest absolute Gasteiger partial charge is 0.345 e. The maximum absolute atomic E-state index is 12.2. The van der Waals surface area contributed by atoms with Crippen molar-refractivity contribution >= 4 is 17.5 Å². The van der Waals surface area contributed by atoms with Crippen molar-refractivity contribution in [3.8, 4) is 5.69 Å². The molecule has 1 aromatic carbocycles. The van der Waals surface area contributed by atoms with Gasteiger partial charge in [0.2, 0.25) is 11.8 Å². The highest BCUT2D eigenvalue weighted by atomic mass is 16.2. The molecule has 0 unspecified atom stereocenters. The molecule has 0 saturated carbocycles. The highest BCUT2D eigenvalue weighted by Crippen LogP contribution is 2.20. The Morgan fingerprint density at radius 1 is 1.24 bits per heavy atom. The molecule has 1 N–H and O–H groups in total. The molecule has 5 heteroatoms. The van der Waals surface area contributed by atoms with E-state index in [2.05, 4.69) is 5.32 Å². The average molecular weight is 283 g/mol. The lowest BCUT2D eigenvalue weighted by molar-refractivity contribution is -0.127. The van der Waals surface area contributed by atoms with Crippen LogP contribution in [0.3, 0.4) is 0 Å². The van der Waals surface area contributed by atoms with Crippen LogP contribution in [0.5, 0.6) is 0 Å². The van der Waals surface area contributed by atoms with E-state index in [-0.39, 0.29) is 17.7 Å². The quantitative estimate of drug-likeness (QED) is 0.935. The molecule has 0 bridgehead atoms. The first-order valence-corrected chi connectivity index (χ1v) is 6.92. The van der Waals surface area contributed by atoms with Crippen molar-refractivity contribution in [2.24, 2.45) is 5.92 Å². The van der Waals surface area contributed by atoms with Crippen LogP contribution in [0, 0.1) is 5.92 Å². The number of amides is 2. The van der Waals surface area contributed by atoms with E-state index in [1.807, 2.05) is 53.4 Å². The summed E-state index contributed by atoms with van der Waals surface area (Å²) in [5.41, 5.74) is 1.73. The minimum Gasteiger partial charge on any atom is -0.345 e. The van der Waals surface area contributed by atoms with Crippen molar-refractivity contribution < 1.29 is 9.59 Å². The third kappa shape index (κ3) is 2.81. The first kappa shape index (κ1) is 13.4. The number of carbonyl (C=O) groups is 2. The standard InChI is InChI=1S/C16H17N3O2/c1-18-11-12(9-15(18)20)16(21)17-13-5-4-6-14(10-13)19-7-2-3-8-19/h2-8,10,12H,9,11H2,1H3,(H,17,21)/t12-/m1/s1. The van der Waals surface area contributed by atoms with E-state index in [1.165, 1.54) is 0 Å². The van der Waals surface area contributed by atoms with Gasteiger partial charge in [-0.1, -0.05) is 6.07 Å². The van der Waals surface area contributed by atoms with Crippen LogP contribution in [-0.4, -0.2) is 34.9 Å². The Labute approximate surface area is 123 Å². The van der Waals surface area contributed by atoms with E-state index in [4.69, 9.17) is 0 Å². The number of rotatable bonds is 3. The van der Waals surface area contributed by atoms with Crippen LogP contribution in [0.15, 0.2) is 48.8 Å². The molecule has 2 heterocycles. The minimum atomic E-state index is -0.266. The van der Waals surface area contributed by atoms with Gasteiger partial charge in [-0.2, -0.15) is 0 Å². The summed E-state index contributed by atoms with van der Waals surface area (Å²) in [6.07, 6.45) is 4.19. The molecule has 1 saturated heterocycles. The third-order valence-corrected chi connectivity index (χ3v) is 3.73. The molecular weight excluding hydrogens is 266 g/mol. The maximum atomic E-state index is 12.2. The van der Waals surface area contributed by atoms with E-state index in [9.17, 15) is 9.59 Å². The molecule has 1 aliphatic heterocycles. The molecule has 1 aliphatic rings. The lowest BCUT2D eigenvalue weighted by atomic mass is 10.1. The second-order valence-corrected chi connectivity index (χ2v) is 5.31. The van der Waals surface area contributed by atoms with Crippen LogP contribution >= 0.6 is 0 Å². The van der Waals surface area contributed by atoms with Crippen LogP contribution in [0.4, 0.5) is 5.69 Å². The summed E-state index contributed by atoms with van der Waals surface area (Å²) in [6, 6.07) is 11.5. The summed E-state index contributed by atoms with van der Waals surface area (Å²) in [6.45, 7) is 0.488. The highest BCUT2D eigenvalue weighted by Gasteiger charge is 2.32. The zero-order chi connectivity index (χ0) is 14.8. The topological polar surface area (TPSA) is 54.3 Å². The second-order valence-electron chi connectivity index (χ2n) is 5.31. The fourth-order valence-electron chi connectivity index (χ4n) is 2.53. The zero-order valence-electron chi connectivity index (χ0n) is 11.8. The summed E-state index contributed by atoms with van der Waals surface area (Å²) in [5.74, 6) is -0.341. The molecule has 0 radical (unpaired) electrons. The van der Waals surface area contributed by atoms with Gasteiger partial charge >= 0.3 is 0 Å². The monoisotopic (exact) mass is 283 g/mol. The number of hydrogen-bond acceptors (Lipinski definition) is 2. The number of likely N-dealkylation sites (tertiary alicyclic amines) is 1. The van der Waals surface area contributed by atoms with Gasteiger partial charge in [-0.05, 0) is 30.3 Å². The summed E-state index contributed by atoms with van der Waals surface area (Å²) in [4.78, 5) is 25.3. The van der Waals surface area contributed by atoms with Gasteiger partial charge in [0.05, 0.1) is 5.92 Å². The summed E-state index contributed by atoms with van der Waals surface area (Å²) in [5, 5.41) is 2.90. The lowest BCUT2D eigenvalue weighted by Crippen LogP contribution is -2.25. The van der Waals surface area contributed by atoms with Crippen molar-refractivity contribution in [2.75, 3.05) is 18.9 Å². The molecule has 1 aromatic heterocycles. The molecule has 1 atom stereocenters. The molecule has 3 rings (SSSR count). The number of carbonyl (C=O) groups excluding carboxylic acids is 2. The first-order chi connectivity index (χ1) is 10.1. The molecule has 108 valence electrons. The predicted molar refractivity (Wildman–Crippen MR) is 80.1 cm³/mol. The molecule has 1 fully saturated rings. The van der Waals surface area contributed by atoms with Crippen molar-refractivity contribution in [3.05, 3.63) is 48.8 Å². The Balaban J connectivity index is 1.72. The predicted octanol–water partition coefficient (Wildman–Crippen LogP) is 1.89.